The van der Waals surface area contributed by atoms with Gasteiger partial charge in [0.1, 0.15) is 0 Å². The smallest absolute Gasteiger partial charge is 0.317 e. The van der Waals surface area contributed by atoms with E-state index in [-0.39, 0.29) is 11.9 Å². The van der Waals surface area contributed by atoms with Crippen LogP contribution in [0.3, 0.4) is 0 Å². The maximum atomic E-state index is 13.0. The first-order valence-corrected chi connectivity index (χ1v) is 11.4. The van der Waals surface area contributed by atoms with Gasteiger partial charge in [0.15, 0.2) is 0 Å². The molecule has 1 aromatic carbocycles. The zero-order chi connectivity index (χ0) is 22.1. The molecule has 0 radical (unpaired) electrons. The maximum absolute atomic E-state index is 13.0. The van der Waals surface area contributed by atoms with Gasteiger partial charge in [0.25, 0.3) is 0 Å². The lowest BCUT2D eigenvalue weighted by molar-refractivity contribution is -0.142. The van der Waals surface area contributed by atoms with Gasteiger partial charge in [-0.05, 0) is 43.2 Å². The minimum absolute atomic E-state index is 0.00127. The number of amides is 3. The largest absolute Gasteiger partial charge is 0.336 e. The molecule has 6 nitrogen and oxygen atoms in total. The average Bonchev–Trinajstić information content (AvgIpc) is 2.70. The molecule has 0 aliphatic carbocycles. The Morgan fingerprint density at radius 3 is 2.33 bits per heavy atom. The number of benzene rings is 1. The lowest BCUT2D eigenvalue weighted by atomic mass is 9.87. The average molecular weight is 417 g/mol. The van der Waals surface area contributed by atoms with Gasteiger partial charge in [-0.2, -0.15) is 0 Å². The summed E-state index contributed by atoms with van der Waals surface area (Å²) in [6, 6.07) is 8.21. The van der Waals surface area contributed by atoms with Crippen molar-refractivity contribution in [2.45, 2.75) is 72.5 Å². The predicted octanol–water partition coefficient (Wildman–Crippen LogP) is 3.75. The van der Waals surface area contributed by atoms with E-state index >= 15 is 0 Å². The number of nitrogens with zero attached hydrogens (tertiary/aromatic N) is 2. The molecular formula is C24H40N4O2. The highest BCUT2D eigenvalue weighted by Crippen LogP contribution is 2.23. The van der Waals surface area contributed by atoms with Crippen LogP contribution < -0.4 is 10.6 Å². The number of piperazine rings is 1. The second-order valence-corrected chi connectivity index (χ2v) is 9.05. The third-order valence-electron chi connectivity index (χ3n) is 5.59. The van der Waals surface area contributed by atoms with Crippen LogP contribution in [0.25, 0.3) is 0 Å². The number of hydrogen-bond donors (Lipinski definition) is 2. The maximum Gasteiger partial charge on any atom is 0.317 e. The molecule has 30 heavy (non-hydrogen) atoms. The van der Waals surface area contributed by atoms with Gasteiger partial charge in [0.2, 0.25) is 5.91 Å². The van der Waals surface area contributed by atoms with Gasteiger partial charge in [-0.3, -0.25) is 4.79 Å². The van der Waals surface area contributed by atoms with E-state index in [4.69, 9.17) is 0 Å². The molecule has 2 N–H and O–H groups in total. The summed E-state index contributed by atoms with van der Waals surface area (Å²) in [7, 11) is 0. The number of nitrogens with one attached hydrogen (secondary N) is 2. The Hall–Kier alpha value is -2.08. The Labute approximate surface area is 182 Å². The Bertz CT molecular complexity index is 683. The van der Waals surface area contributed by atoms with Crippen molar-refractivity contribution in [3.8, 4) is 0 Å². The summed E-state index contributed by atoms with van der Waals surface area (Å²) in [6.45, 7) is 14.8. The van der Waals surface area contributed by atoms with E-state index in [1.54, 1.807) is 0 Å². The van der Waals surface area contributed by atoms with Gasteiger partial charge in [-0.1, -0.05) is 52.0 Å². The number of urea groups is 1. The monoisotopic (exact) mass is 416 g/mol. The van der Waals surface area contributed by atoms with Crippen LogP contribution in [0.1, 0.15) is 65.0 Å². The topological polar surface area (TPSA) is 64.7 Å². The van der Waals surface area contributed by atoms with Crippen molar-refractivity contribution in [3.63, 3.8) is 0 Å². The lowest BCUT2D eigenvalue weighted by Gasteiger charge is -2.41. The number of hydrogen-bond acceptors (Lipinski definition) is 3. The fraction of sp³-hybridized carbons (Fsp3) is 0.667. The summed E-state index contributed by atoms with van der Waals surface area (Å²) >= 11 is 0. The summed E-state index contributed by atoms with van der Waals surface area (Å²) in [5.74, 6) is 0.650. The summed E-state index contributed by atoms with van der Waals surface area (Å²) in [6.07, 6.45) is 2.76. The van der Waals surface area contributed by atoms with Crippen molar-refractivity contribution in [2.24, 2.45) is 5.92 Å². The highest BCUT2D eigenvalue weighted by molar-refractivity contribution is 5.86. The van der Waals surface area contributed by atoms with E-state index in [9.17, 15) is 9.59 Å². The Morgan fingerprint density at radius 2 is 1.77 bits per heavy atom. The van der Waals surface area contributed by atoms with E-state index in [2.05, 4.69) is 50.5 Å². The fourth-order valence-corrected chi connectivity index (χ4v) is 4.25. The van der Waals surface area contributed by atoms with E-state index in [1.165, 1.54) is 0 Å². The van der Waals surface area contributed by atoms with Crippen molar-refractivity contribution in [1.82, 2.24) is 20.4 Å². The van der Waals surface area contributed by atoms with Gasteiger partial charge >= 0.3 is 6.03 Å². The molecule has 1 saturated heterocycles. The number of carbonyl (C=O) groups excluding carboxylic acids is 2. The second-order valence-electron chi connectivity index (χ2n) is 9.05. The lowest BCUT2D eigenvalue weighted by Crippen LogP contribution is -2.62. The third kappa shape index (κ3) is 6.73. The zero-order valence-corrected chi connectivity index (χ0v) is 19.5. The van der Waals surface area contributed by atoms with Crippen LogP contribution in [0.4, 0.5) is 4.79 Å². The van der Waals surface area contributed by atoms with Crippen LogP contribution in [0.5, 0.6) is 0 Å². The minimum Gasteiger partial charge on any atom is -0.336 e. The van der Waals surface area contributed by atoms with Crippen LogP contribution in [0.2, 0.25) is 0 Å². The van der Waals surface area contributed by atoms with Crippen molar-refractivity contribution < 1.29 is 9.59 Å². The molecule has 1 aromatic rings. The summed E-state index contributed by atoms with van der Waals surface area (Å²) in [5, 5.41) is 6.44. The molecule has 1 atom stereocenters. The standard InChI is InChI=1S/C24H40N4O2/c1-6-13-27(14-7-2)23(30)25-17-20-8-10-21(11-9-20)18-28-15-12-26-24(5,22(28)29)16-19(3)4/h8-11,19,26H,6-7,12-18H2,1-5H3,(H,25,30). The van der Waals surface area contributed by atoms with Crippen molar-refractivity contribution in [1.29, 1.82) is 0 Å². The molecule has 1 aliphatic heterocycles. The molecular weight excluding hydrogens is 376 g/mol. The van der Waals surface area contributed by atoms with Crippen LogP contribution >= 0.6 is 0 Å². The normalized spacial score (nSPS) is 19.3. The van der Waals surface area contributed by atoms with E-state index in [1.807, 2.05) is 28.9 Å². The van der Waals surface area contributed by atoms with Gasteiger partial charge in [-0.15, -0.1) is 0 Å². The first-order chi connectivity index (χ1) is 14.3. The van der Waals surface area contributed by atoms with E-state index in [0.717, 1.165) is 56.6 Å². The zero-order valence-electron chi connectivity index (χ0n) is 19.5. The first kappa shape index (κ1) is 24.2. The quantitative estimate of drug-likeness (QED) is 0.610. The molecule has 0 bridgehead atoms. The molecule has 1 aliphatic rings. The Balaban J connectivity index is 1.91. The van der Waals surface area contributed by atoms with Crippen LogP contribution in [-0.2, 0) is 17.9 Å². The molecule has 3 amide bonds. The molecule has 1 fully saturated rings. The molecule has 1 heterocycles. The van der Waals surface area contributed by atoms with Crippen molar-refractivity contribution in [3.05, 3.63) is 35.4 Å². The van der Waals surface area contributed by atoms with E-state index < -0.39 is 5.54 Å². The third-order valence-corrected chi connectivity index (χ3v) is 5.59. The summed E-state index contributed by atoms with van der Waals surface area (Å²) in [4.78, 5) is 29.2. The Morgan fingerprint density at radius 1 is 1.17 bits per heavy atom. The minimum atomic E-state index is -0.473. The summed E-state index contributed by atoms with van der Waals surface area (Å²) < 4.78 is 0. The molecule has 0 saturated carbocycles. The van der Waals surface area contributed by atoms with Crippen molar-refractivity contribution in [2.75, 3.05) is 26.2 Å². The van der Waals surface area contributed by atoms with Gasteiger partial charge in [-0.25, -0.2) is 4.79 Å². The molecule has 0 aromatic heterocycles. The molecule has 6 heteroatoms. The number of rotatable bonds is 10. The van der Waals surface area contributed by atoms with Crippen LogP contribution in [0.15, 0.2) is 24.3 Å². The van der Waals surface area contributed by atoms with Crippen molar-refractivity contribution >= 4 is 11.9 Å². The molecule has 168 valence electrons. The van der Waals surface area contributed by atoms with Gasteiger partial charge in [0.05, 0.1) is 5.54 Å². The molecule has 1 unspecified atom stereocenters. The highest BCUT2D eigenvalue weighted by Gasteiger charge is 2.39. The fourth-order valence-electron chi connectivity index (χ4n) is 4.25. The SMILES string of the molecule is CCCN(CCC)C(=O)NCc1ccc(CN2CCNC(C)(CC(C)C)C2=O)cc1. The van der Waals surface area contributed by atoms with Crippen LogP contribution in [-0.4, -0.2) is 53.5 Å². The van der Waals surface area contributed by atoms with Gasteiger partial charge in [0, 0.05) is 39.3 Å². The summed E-state index contributed by atoms with van der Waals surface area (Å²) in [5.41, 5.74) is 1.71. The highest BCUT2D eigenvalue weighted by atomic mass is 16.2. The first-order valence-electron chi connectivity index (χ1n) is 11.4. The van der Waals surface area contributed by atoms with Crippen LogP contribution in [0, 0.1) is 5.92 Å². The molecule has 0 spiro atoms. The predicted molar refractivity (Wildman–Crippen MR) is 122 cm³/mol. The Kier molecular flexibility index (Phi) is 9.15. The van der Waals surface area contributed by atoms with E-state index in [0.29, 0.717) is 19.0 Å². The van der Waals surface area contributed by atoms with Gasteiger partial charge < -0.3 is 20.4 Å². The number of carbonyl (C=O) groups is 2. The second kappa shape index (κ2) is 11.3. The molecule has 2 rings (SSSR count).